The van der Waals surface area contributed by atoms with Crippen molar-refractivity contribution < 1.29 is 0 Å². The monoisotopic (exact) mass is 352 g/mol. The molecule has 1 heterocycles. The van der Waals surface area contributed by atoms with Gasteiger partial charge in [-0.2, -0.15) is 0 Å². The van der Waals surface area contributed by atoms with Crippen molar-refractivity contribution in [2.45, 2.75) is 18.9 Å². The van der Waals surface area contributed by atoms with E-state index >= 15 is 0 Å². The predicted molar refractivity (Wildman–Crippen MR) is 103 cm³/mol. The van der Waals surface area contributed by atoms with E-state index in [1.807, 2.05) is 0 Å². The zero-order valence-electron chi connectivity index (χ0n) is 13.6. The molecule has 23 heavy (non-hydrogen) atoms. The Labute approximate surface area is 152 Å². The lowest BCUT2D eigenvalue weighted by molar-refractivity contribution is 0.288. The molecule has 2 aromatic carbocycles. The van der Waals surface area contributed by atoms with Crippen molar-refractivity contribution in [2.24, 2.45) is 0 Å². The minimum Gasteiger partial charge on any atom is -0.309 e. The third-order valence-corrected chi connectivity index (χ3v) is 4.33. The van der Waals surface area contributed by atoms with Gasteiger partial charge in [-0.05, 0) is 43.1 Å². The van der Waals surface area contributed by atoms with E-state index in [9.17, 15) is 0 Å². The van der Waals surface area contributed by atoms with E-state index in [4.69, 9.17) is 0 Å². The largest absolute Gasteiger partial charge is 0.309 e. The highest BCUT2D eigenvalue weighted by molar-refractivity contribution is 5.85. The van der Waals surface area contributed by atoms with E-state index in [1.54, 1.807) is 0 Å². The van der Waals surface area contributed by atoms with Gasteiger partial charge in [-0.25, -0.2) is 0 Å². The number of hydrogen-bond acceptors (Lipinski definition) is 2. The number of likely N-dealkylation sites (N-methyl/N-ethyl adjacent to an activating group) is 1. The summed E-state index contributed by atoms with van der Waals surface area (Å²) in [6, 6.07) is 20.1. The summed E-state index contributed by atoms with van der Waals surface area (Å²) in [6.07, 6.45) is 2.27. The lowest BCUT2D eigenvalue weighted by atomic mass is 9.94. The van der Waals surface area contributed by atoms with Gasteiger partial charge >= 0.3 is 0 Å². The van der Waals surface area contributed by atoms with Gasteiger partial charge in [-0.1, -0.05) is 54.6 Å². The van der Waals surface area contributed by atoms with Gasteiger partial charge in [0, 0.05) is 19.1 Å². The van der Waals surface area contributed by atoms with Crippen LogP contribution in [0.2, 0.25) is 0 Å². The van der Waals surface area contributed by atoms with Crippen LogP contribution in [0.4, 0.5) is 0 Å². The van der Waals surface area contributed by atoms with Crippen molar-refractivity contribution in [1.29, 1.82) is 0 Å². The van der Waals surface area contributed by atoms with Crippen LogP contribution in [0.1, 0.15) is 22.7 Å². The van der Waals surface area contributed by atoms with Crippen molar-refractivity contribution in [3.8, 4) is 0 Å². The fourth-order valence-electron chi connectivity index (χ4n) is 3.12. The van der Waals surface area contributed by atoms with Crippen molar-refractivity contribution >= 4 is 24.8 Å². The van der Waals surface area contributed by atoms with Crippen LogP contribution in [-0.2, 0) is 12.8 Å². The molecule has 0 saturated carbocycles. The molecule has 0 spiro atoms. The Bertz CT molecular complexity index is 575. The molecule has 0 amide bonds. The van der Waals surface area contributed by atoms with E-state index in [1.165, 1.54) is 16.7 Å². The van der Waals surface area contributed by atoms with Gasteiger partial charge < -0.3 is 10.2 Å². The van der Waals surface area contributed by atoms with Crippen LogP contribution in [0.25, 0.3) is 0 Å². The SMILES string of the molecule is CN(CCc1ccccc1)CC1NCCc2ccccc21.Cl.Cl. The molecule has 1 N–H and O–H groups in total. The van der Waals surface area contributed by atoms with Gasteiger partial charge in [-0.15, -0.1) is 24.8 Å². The number of rotatable bonds is 5. The Hall–Kier alpha value is -1.06. The van der Waals surface area contributed by atoms with Crippen LogP contribution >= 0.6 is 24.8 Å². The Morgan fingerprint density at radius 3 is 2.48 bits per heavy atom. The van der Waals surface area contributed by atoms with Crippen molar-refractivity contribution in [3.63, 3.8) is 0 Å². The summed E-state index contributed by atoms with van der Waals surface area (Å²) >= 11 is 0. The molecule has 0 bridgehead atoms. The van der Waals surface area contributed by atoms with Gasteiger partial charge in [0.05, 0.1) is 0 Å². The van der Waals surface area contributed by atoms with E-state index < -0.39 is 0 Å². The summed E-state index contributed by atoms with van der Waals surface area (Å²) in [5.74, 6) is 0. The van der Waals surface area contributed by atoms with Gasteiger partial charge in [-0.3, -0.25) is 0 Å². The first-order valence-corrected chi connectivity index (χ1v) is 7.86. The summed E-state index contributed by atoms with van der Waals surface area (Å²) in [6.45, 7) is 3.27. The molecular formula is C19H26Cl2N2. The Morgan fingerprint density at radius 1 is 1.00 bits per heavy atom. The standard InChI is InChI=1S/C19H24N2.2ClH/c1-21(14-12-16-7-3-2-4-8-16)15-19-18-10-6-5-9-17(18)11-13-20-19;;/h2-10,19-20H,11-15H2,1H3;2*1H. The molecule has 1 aliphatic heterocycles. The highest BCUT2D eigenvalue weighted by Crippen LogP contribution is 2.23. The minimum absolute atomic E-state index is 0. The maximum atomic E-state index is 3.66. The van der Waals surface area contributed by atoms with Crippen molar-refractivity contribution in [1.82, 2.24) is 10.2 Å². The Balaban J connectivity index is 0.00000132. The molecule has 0 saturated heterocycles. The quantitative estimate of drug-likeness (QED) is 0.877. The van der Waals surface area contributed by atoms with Crippen LogP contribution < -0.4 is 5.32 Å². The summed E-state index contributed by atoms with van der Waals surface area (Å²) in [4.78, 5) is 2.44. The Kier molecular flexibility index (Phi) is 8.64. The molecule has 0 aromatic heterocycles. The van der Waals surface area contributed by atoms with Crippen LogP contribution in [0.5, 0.6) is 0 Å². The van der Waals surface area contributed by atoms with E-state index in [0.717, 1.165) is 32.5 Å². The van der Waals surface area contributed by atoms with Gasteiger partial charge in [0.15, 0.2) is 0 Å². The van der Waals surface area contributed by atoms with Crippen LogP contribution in [-0.4, -0.2) is 31.6 Å². The number of benzene rings is 2. The molecule has 0 aliphatic carbocycles. The first-order chi connectivity index (χ1) is 10.3. The highest BCUT2D eigenvalue weighted by atomic mass is 35.5. The number of nitrogens with zero attached hydrogens (tertiary/aromatic N) is 1. The Morgan fingerprint density at radius 2 is 1.70 bits per heavy atom. The first-order valence-electron chi connectivity index (χ1n) is 7.86. The normalized spacial score (nSPS) is 16.2. The van der Waals surface area contributed by atoms with E-state index in [2.05, 4.69) is 71.9 Å². The molecule has 0 fully saturated rings. The van der Waals surface area contributed by atoms with E-state index in [0.29, 0.717) is 6.04 Å². The van der Waals surface area contributed by atoms with Crippen LogP contribution in [0.15, 0.2) is 54.6 Å². The summed E-state index contributed by atoms with van der Waals surface area (Å²) in [5, 5.41) is 3.66. The number of halogens is 2. The van der Waals surface area contributed by atoms with Gasteiger partial charge in [0.2, 0.25) is 0 Å². The molecule has 4 heteroatoms. The fraction of sp³-hybridized carbons (Fsp3) is 0.368. The molecule has 1 atom stereocenters. The summed E-state index contributed by atoms with van der Waals surface area (Å²) < 4.78 is 0. The average Bonchev–Trinajstić information content (AvgIpc) is 2.54. The molecule has 1 aliphatic rings. The van der Waals surface area contributed by atoms with Crippen molar-refractivity contribution in [2.75, 3.05) is 26.7 Å². The second kappa shape index (κ2) is 9.94. The molecular weight excluding hydrogens is 327 g/mol. The molecule has 2 nitrogen and oxygen atoms in total. The lowest BCUT2D eigenvalue weighted by Gasteiger charge is -2.30. The fourth-order valence-corrected chi connectivity index (χ4v) is 3.12. The zero-order chi connectivity index (χ0) is 14.5. The number of fused-ring (bicyclic) bond motifs is 1. The first kappa shape index (κ1) is 20.0. The minimum atomic E-state index is 0. The second-order valence-corrected chi connectivity index (χ2v) is 5.95. The highest BCUT2D eigenvalue weighted by Gasteiger charge is 2.20. The second-order valence-electron chi connectivity index (χ2n) is 5.95. The third kappa shape index (κ3) is 5.50. The number of hydrogen-bond donors (Lipinski definition) is 1. The molecule has 0 radical (unpaired) electrons. The van der Waals surface area contributed by atoms with Crippen LogP contribution in [0, 0.1) is 0 Å². The maximum Gasteiger partial charge on any atom is 0.0452 e. The number of nitrogens with one attached hydrogen (secondary N) is 1. The van der Waals surface area contributed by atoms with E-state index in [-0.39, 0.29) is 24.8 Å². The topological polar surface area (TPSA) is 15.3 Å². The summed E-state index contributed by atoms with van der Waals surface area (Å²) in [7, 11) is 2.22. The van der Waals surface area contributed by atoms with Gasteiger partial charge in [0.25, 0.3) is 0 Å². The molecule has 1 unspecified atom stereocenters. The summed E-state index contributed by atoms with van der Waals surface area (Å²) in [5.41, 5.74) is 4.41. The van der Waals surface area contributed by atoms with Crippen molar-refractivity contribution in [3.05, 3.63) is 71.3 Å². The average molecular weight is 353 g/mol. The zero-order valence-corrected chi connectivity index (χ0v) is 15.2. The third-order valence-electron chi connectivity index (χ3n) is 4.33. The predicted octanol–water partition coefficient (Wildman–Crippen LogP) is 3.89. The lowest BCUT2D eigenvalue weighted by Crippen LogP contribution is -2.38. The molecule has 3 rings (SSSR count). The molecule has 126 valence electrons. The molecule has 2 aromatic rings. The van der Waals surface area contributed by atoms with Crippen LogP contribution in [0.3, 0.4) is 0 Å². The van der Waals surface area contributed by atoms with Gasteiger partial charge in [0.1, 0.15) is 0 Å². The maximum absolute atomic E-state index is 3.66. The smallest absolute Gasteiger partial charge is 0.0452 e.